The molecule has 3 N–H and O–H groups in total. The molecule has 1 aromatic heterocycles. The van der Waals surface area contributed by atoms with Gasteiger partial charge < -0.3 is 10.5 Å². The second-order valence-corrected chi connectivity index (χ2v) is 5.47. The maximum absolute atomic E-state index is 12.3. The number of carbonyl (C=O) groups is 1. The van der Waals surface area contributed by atoms with Gasteiger partial charge in [0.15, 0.2) is 5.13 Å². The zero-order valence-electron chi connectivity index (χ0n) is 11.7. The molecule has 5 nitrogen and oxygen atoms in total. The van der Waals surface area contributed by atoms with Gasteiger partial charge in [0.1, 0.15) is 11.3 Å². The number of aromatic nitrogens is 1. The number of nitrogens with zero attached hydrogens (tertiary/aromatic N) is 1. The van der Waals surface area contributed by atoms with Gasteiger partial charge in [-0.05, 0) is 32.9 Å². The van der Waals surface area contributed by atoms with Gasteiger partial charge in [-0.3, -0.25) is 10.1 Å². The van der Waals surface area contributed by atoms with Crippen LogP contribution in [0.5, 0.6) is 5.75 Å². The summed E-state index contributed by atoms with van der Waals surface area (Å²) in [4.78, 5) is 17.7. The zero-order chi connectivity index (χ0) is 14.7. The van der Waals surface area contributed by atoms with Crippen LogP contribution in [-0.4, -0.2) is 17.5 Å². The Morgan fingerprint density at radius 1 is 1.45 bits per heavy atom. The van der Waals surface area contributed by atoms with Crippen molar-refractivity contribution in [3.05, 3.63) is 34.3 Å². The number of nitrogens with one attached hydrogen (secondary N) is 1. The van der Waals surface area contributed by atoms with Crippen LogP contribution in [0.4, 0.5) is 10.8 Å². The average molecular weight is 291 g/mol. The van der Waals surface area contributed by atoms with Gasteiger partial charge in [-0.15, -0.1) is 11.3 Å². The maximum Gasteiger partial charge on any atom is 0.263 e. The van der Waals surface area contributed by atoms with E-state index in [9.17, 15) is 4.79 Å². The molecule has 0 fully saturated rings. The van der Waals surface area contributed by atoms with Crippen LogP contribution in [0, 0.1) is 13.8 Å². The smallest absolute Gasteiger partial charge is 0.263 e. The van der Waals surface area contributed by atoms with Crippen LogP contribution >= 0.6 is 11.3 Å². The lowest BCUT2D eigenvalue weighted by molar-refractivity contribution is 0.102. The molecule has 0 radical (unpaired) electrons. The highest BCUT2D eigenvalue weighted by molar-refractivity contribution is 7.15. The molecule has 2 rings (SSSR count). The van der Waals surface area contributed by atoms with Crippen LogP contribution in [-0.2, 0) is 0 Å². The number of nitrogens with two attached hydrogens (primary N) is 1. The topological polar surface area (TPSA) is 77.2 Å². The number of nitrogen functional groups attached to an aromatic ring is 1. The van der Waals surface area contributed by atoms with Crippen molar-refractivity contribution in [1.82, 2.24) is 4.98 Å². The number of benzene rings is 1. The number of aryl methyl sites for hydroxylation is 2. The van der Waals surface area contributed by atoms with Crippen molar-refractivity contribution in [3.63, 3.8) is 0 Å². The standard InChI is InChI=1S/C14H17N3O2S/c1-4-19-11-7-5-6-10(15)12(11)13(18)17-14-16-8(2)9(3)20-14/h5-7H,4,15H2,1-3H3,(H,16,17,18). The summed E-state index contributed by atoms with van der Waals surface area (Å²) in [5.41, 5.74) is 7.53. The van der Waals surface area contributed by atoms with Crippen molar-refractivity contribution >= 4 is 28.1 Å². The Morgan fingerprint density at radius 2 is 2.20 bits per heavy atom. The van der Waals surface area contributed by atoms with Crippen molar-refractivity contribution in [1.29, 1.82) is 0 Å². The van der Waals surface area contributed by atoms with E-state index in [-0.39, 0.29) is 5.91 Å². The van der Waals surface area contributed by atoms with E-state index in [2.05, 4.69) is 10.3 Å². The Hall–Kier alpha value is -2.08. The number of hydrogen-bond acceptors (Lipinski definition) is 5. The lowest BCUT2D eigenvalue weighted by Crippen LogP contribution is -2.15. The summed E-state index contributed by atoms with van der Waals surface area (Å²) in [5.74, 6) is 0.176. The summed E-state index contributed by atoms with van der Waals surface area (Å²) in [6.07, 6.45) is 0. The van der Waals surface area contributed by atoms with Crippen LogP contribution < -0.4 is 15.8 Å². The number of rotatable bonds is 4. The summed E-state index contributed by atoms with van der Waals surface area (Å²) in [5, 5.41) is 3.33. The third-order valence-electron chi connectivity index (χ3n) is 2.83. The number of thiazole rings is 1. The van der Waals surface area contributed by atoms with Gasteiger partial charge in [-0.25, -0.2) is 4.98 Å². The van der Waals surface area contributed by atoms with Gasteiger partial charge in [0.2, 0.25) is 0 Å². The lowest BCUT2D eigenvalue weighted by Gasteiger charge is -2.11. The molecule has 0 atom stereocenters. The van der Waals surface area contributed by atoms with E-state index in [4.69, 9.17) is 10.5 Å². The number of carbonyl (C=O) groups excluding carboxylic acids is 1. The Morgan fingerprint density at radius 3 is 2.80 bits per heavy atom. The Labute approximate surface area is 121 Å². The highest BCUT2D eigenvalue weighted by Crippen LogP contribution is 2.27. The van der Waals surface area contributed by atoms with Gasteiger partial charge in [-0.2, -0.15) is 0 Å². The van der Waals surface area contributed by atoms with Crippen LogP contribution in [0.15, 0.2) is 18.2 Å². The molecule has 1 amide bonds. The summed E-state index contributed by atoms with van der Waals surface area (Å²) >= 11 is 1.44. The molecule has 0 unspecified atom stereocenters. The quantitative estimate of drug-likeness (QED) is 0.849. The van der Waals surface area contributed by atoms with Crippen molar-refractivity contribution < 1.29 is 9.53 Å². The number of ether oxygens (including phenoxy) is 1. The monoisotopic (exact) mass is 291 g/mol. The first-order chi connectivity index (χ1) is 9.52. The summed E-state index contributed by atoms with van der Waals surface area (Å²) in [7, 11) is 0. The van der Waals surface area contributed by atoms with Crippen LogP contribution in [0.25, 0.3) is 0 Å². The fraction of sp³-hybridized carbons (Fsp3) is 0.286. The predicted molar refractivity (Wildman–Crippen MR) is 81.6 cm³/mol. The SMILES string of the molecule is CCOc1cccc(N)c1C(=O)Nc1nc(C)c(C)s1. The van der Waals surface area contributed by atoms with Crippen LogP contribution in [0.3, 0.4) is 0 Å². The molecular formula is C14H17N3O2S. The van der Waals surface area contributed by atoms with Gasteiger partial charge in [0.25, 0.3) is 5.91 Å². The summed E-state index contributed by atoms with van der Waals surface area (Å²) in [6, 6.07) is 5.16. The Bertz CT molecular complexity index is 618. The van der Waals surface area contributed by atoms with E-state index in [1.54, 1.807) is 18.2 Å². The fourth-order valence-corrected chi connectivity index (χ4v) is 2.56. The molecule has 20 heavy (non-hydrogen) atoms. The summed E-state index contributed by atoms with van der Waals surface area (Å²) < 4.78 is 5.45. The van der Waals surface area contributed by atoms with Gasteiger partial charge in [0.05, 0.1) is 12.3 Å². The minimum Gasteiger partial charge on any atom is -0.493 e. The molecule has 0 saturated heterocycles. The number of hydrogen-bond donors (Lipinski definition) is 2. The fourth-order valence-electron chi connectivity index (χ4n) is 1.75. The third-order valence-corrected chi connectivity index (χ3v) is 3.82. The Kier molecular flexibility index (Phi) is 4.24. The molecule has 1 heterocycles. The van der Waals surface area contributed by atoms with Gasteiger partial charge in [0, 0.05) is 10.6 Å². The molecule has 1 aromatic carbocycles. The first-order valence-electron chi connectivity index (χ1n) is 6.29. The zero-order valence-corrected chi connectivity index (χ0v) is 12.5. The van der Waals surface area contributed by atoms with Gasteiger partial charge >= 0.3 is 0 Å². The van der Waals surface area contributed by atoms with E-state index in [0.717, 1.165) is 10.6 Å². The lowest BCUT2D eigenvalue weighted by atomic mass is 10.1. The molecule has 0 aliphatic heterocycles. The normalized spacial score (nSPS) is 10.3. The largest absolute Gasteiger partial charge is 0.493 e. The first kappa shape index (κ1) is 14.3. The molecule has 0 saturated carbocycles. The van der Waals surface area contributed by atoms with Crippen LogP contribution in [0.1, 0.15) is 27.9 Å². The average Bonchev–Trinajstić information content (AvgIpc) is 2.68. The molecule has 106 valence electrons. The minimum atomic E-state index is -0.305. The Balaban J connectivity index is 2.29. The van der Waals surface area contributed by atoms with E-state index in [1.807, 2.05) is 20.8 Å². The molecule has 0 aliphatic rings. The van der Waals surface area contributed by atoms with Crippen molar-refractivity contribution in [2.45, 2.75) is 20.8 Å². The summed E-state index contributed by atoms with van der Waals surface area (Å²) in [6.45, 7) is 6.20. The number of amides is 1. The molecular weight excluding hydrogens is 274 g/mol. The molecule has 0 spiro atoms. The highest BCUT2D eigenvalue weighted by atomic mass is 32.1. The minimum absolute atomic E-state index is 0.305. The van der Waals surface area contributed by atoms with Gasteiger partial charge in [-0.1, -0.05) is 6.07 Å². The van der Waals surface area contributed by atoms with E-state index in [0.29, 0.717) is 28.7 Å². The second kappa shape index (κ2) is 5.92. The van der Waals surface area contributed by atoms with E-state index in [1.165, 1.54) is 11.3 Å². The number of anilines is 2. The second-order valence-electron chi connectivity index (χ2n) is 4.27. The molecule has 0 aliphatic carbocycles. The predicted octanol–water partition coefficient (Wildman–Crippen LogP) is 2.99. The van der Waals surface area contributed by atoms with E-state index >= 15 is 0 Å². The molecule has 6 heteroatoms. The maximum atomic E-state index is 12.3. The highest BCUT2D eigenvalue weighted by Gasteiger charge is 2.17. The van der Waals surface area contributed by atoms with Crippen molar-refractivity contribution in [3.8, 4) is 5.75 Å². The van der Waals surface area contributed by atoms with Crippen molar-refractivity contribution in [2.24, 2.45) is 0 Å². The molecule has 0 bridgehead atoms. The van der Waals surface area contributed by atoms with Crippen molar-refractivity contribution in [2.75, 3.05) is 17.7 Å². The van der Waals surface area contributed by atoms with Crippen LogP contribution in [0.2, 0.25) is 0 Å². The first-order valence-corrected chi connectivity index (χ1v) is 7.11. The third kappa shape index (κ3) is 2.91. The molecule has 2 aromatic rings. The van der Waals surface area contributed by atoms with E-state index < -0.39 is 0 Å².